The van der Waals surface area contributed by atoms with E-state index in [0.29, 0.717) is 0 Å². The lowest BCUT2D eigenvalue weighted by molar-refractivity contribution is -0.142. The molecule has 2 aromatic rings. The summed E-state index contributed by atoms with van der Waals surface area (Å²) in [7, 11) is 1.33. The highest BCUT2D eigenvalue weighted by Crippen LogP contribution is 2.38. The van der Waals surface area contributed by atoms with Gasteiger partial charge in [-0.2, -0.15) is 0 Å². The number of hydrogen-bond acceptors (Lipinski definition) is 3. The molecule has 0 aliphatic carbocycles. The second-order valence-electron chi connectivity index (χ2n) is 5.10. The molecule has 22 heavy (non-hydrogen) atoms. The first-order chi connectivity index (χ1) is 11.2. The fraction of sp³-hybridized carbons (Fsp3) is 0.211. The van der Waals surface area contributed by atoms with E-state index in [2.05, 4.69) is 0 Å². The first-order valence-electron chi connectivity index (χ1n) is 7.77. The summed E-state index contributed by atoms with van der Waals surface area (Å²) in [6, 6.07) is 19.3. The average Bonchev–Trinajstić information content (AvgIpc) is 2.62. The van der Waals surface area contributed by atoms with Crippen LogP contribution in [0, 0.1) is 0 Å². The number of esters is 1. The predicted octanol–water partition coefficient (Wildman–Crippen LogP) is 3.99. The van der Waals surface area contributed by atoms with Gasteiger partial charge in [-0.3, -0.25) is 0 Å². The zero-order valence-electron chi connectivity index (χ0n) is 13.3. The van der Waals surface area contributed by atoms with Crippen LogP contribution in [0.15, 0.2) is 72.5 Å². The van der Waals surface area contributed by atoms with E-state index in [1.807, 2.05) is 60.7 Å². The molecule has 3 atom stereocenters. The molecule has 112 valence electrons. The molecule has 0 spiro atoms. The molecule has 2 aromatic carbocycles. The SMILES string of the molecule is [2H][C@@H]1[C@@H](c2ccccc2)OC(C(=O)OC)=C[C@H]1c1ccccc1. The van der Waals surface area contributed by atoms with Gasteiger partial charge in [0, 0.05) is 7.29 Å². The topological polar surface area (TPSA) is 35.5 Å². The number of methoxy groups -OCH3 is 1. The molecule has 1 aliphatic rings. The van der Waals surface area contributed by atoms with E-state index in [9.17, 15) is 4.79 Å². The lowest BCUT2D eigenvalue weighted by atomic mass is 9.88. The van der Waals surface area contributed by atoms with Crippen molar-refractivity contribution in [3.63, 3.8) is 0 Å². The number of hydrogen-bond donors (Lipinski definition) is 0. The molecule has 1 aliphatic heterocycles. The van der Waals surface area contributed by atoms with Gasteiger partial charge in [-0.1, -0.05) is 60.7 Å². The van der Waals surface area contributed by atoms with E-state index < -0.39 is 18.5 Å². The van der Waals surface area contributed by atoms with Crippen LogP contribution in [0.25, 0.3) is 0 Å². The van der Waals surface area contributed by atoms with Crippen molar-refractivity contribution in [1.29, 1.82) is 0 Å². The Morgan fingerprint density at radius 3 is 2.27 bits per heavy atom. The van der Waals surface area contributed by atoms with Crippen molar-refractivity contribution >= 4 is 5.97 Å². The van der Waals surface area contributed by atoms with Gasteiger partial charge in [0.05, 0.1) is 7.11 Å². The number of rotatable bonds is 3. The molecule has 0 unspecified atom stereocenters. The molecule has 3 heteroatoms. The Labute approximate surface area is 131 Å². The molecule has 0 aromatic heterocycles. The van der Waals surface area contributed by atoms with Crippen molar-refractivity contribution in [3.05, 3.63) is 83.6 Å². The molecule has 0 saturated carbocycles. The Hall–Kier alpha value is -2.55. The van der Waals surface area contributed by atoms with Crippen LogP contribution in [0.1, 0.15) is 30.9 Å². The summed E-state index contributed by atoms with van der Waals surface area (Å²) in [4.78, 5) is 12.0. The van der Waals surface area contributed by atoms with Crippen LogP contribution < -0.4 is 0 Å². The van der Waals surface area contributed by atoms with E-state index in [1.54, 1.807) is 6.08 Å². The molecular weight excluding hydrogens is 276 g/mol. The third kappa shape index (κ3) is 3.03. The Bertz CT molecular complexity index is 697. The van der Waals surface area contributed by atoms with E-state index >= 15 is 0 Å². The number of ether oxygens (including phenoxy) is 2. The molecule has 0 amide bonds. The molecule has 1 heterocycles. The summed E-state index contributed by atoms with van der Waals surface area (Å²) in [6.45, 7) is 0. The normalized spacial score (nSPS) is 24.7. The maximum Gasteiger partial charge on any atom is 0.373 e. The minimum absolute atomic E-state index is 0.165. The maximum absolute atomic E-state index is 12.0. The minimum atomic E-state index is -0.548. The van der Waals surface area contributed by atoms with Gasteiger partial charge in [-0.15, -0.1) is 0 Å². The second kappa shape index (κ2) is 6.48. The summed E-state index contributed by atoms with van der Waals surface area (Å²) in [5.41, 5.74) is 1.86. The van der Waals surface area contributed by atoms with Crippen molar-refractivity contribution in [2.24, 2.45) is 0 Å². The number of allylic oxidation sites excluding steroid dienone is 1. The summed E-state index contributed by atoms with van der Waals surface area (Å²) in [5, 5.41) is 0. The maximum atomic E-state index is 12.0. The van der Waals surface area contributed by atoms with Crippen LogP contribution >= 0.6 is 0 Å². The lowest BCUT2D eigenvalue weighted by Crippen LogP contribution is -2.20. The highest BCUT2D eigenvalue weighted by Gasteiger charge is 2.29. The molecule has 3 rings (SSSR count). The smallest absolute Gasteiger partial charge is 0.373 e. The highest BCUT2D eigenvalue weighted by molar-refractivity contribution is 5.86. The fourth-order valence-electron chi connectivity index (χ4n) is 2.54. The molecule has 0 bridgehead atoms. The fourth-order valence-corrected chi connectivity index (χ4v) is 2.54. The first kappa shape index (κ1) is 13.1. The third-order valence-corrected chi connectivity index (χ3v) is 3.67. The van der Waals surface area contributed by atoms with E-state index in [0.717, 1.165) is 11.1 Å². The standard InChI is InChI=1S/C19H18O3/c1-21-19(20)18-13-16(14-8-4-2-5-9-14)12-17(22-18)15-10-6-3-7-11-15/h2-11,13,16-17H,12H2,1H3/t16-,17-/m0/s1/i12D/t12-,16-,17-. The van der Waals surface area contributed by atoms with Gasteiger partial charge in [0.2, 0.25) is 5.76 Å². The molecule has 3 nitrogen and oxygen atoms in total. The van der Waals surface area contributed by atoms with Gasteiger partial charge < -0.3 is 9.47 Å². The Kier molecular flexibility index (Phi) is 3.87. The van der Waals surface area contributed by atoms with Crippen LogP contribution in [0.3, 0.4) is 0 Å². The van der Waals surface area contributed by atoms with Crippen LogP contribution in [0.5, 0.6) is 0 Å². The van der Waals surface area contributed by atoms with E-state index in [4.69, 9.17) is 10.8 Å². The zero-order chi connectivity index (χ0) is 16.2. The van der Waals surface area contributed by atoms with Crippen LogP contribution in [0.2, 0.25) is 0 Å². The Balaban J connectivity index is 2.02. The van der Waals surface area contributed by atoms with E-state index in [1.165, 1.54) is 7.11 Å². The zero-order valence-corrected chi connectivity index (χ0v) is 12.3. The summed E-state index contributed by atoms with van der Waals surface area (Å²) < 4.78 is 19.2. The van der Waals surface area contributed by atoms with Crippen LogP contribution in [-0.2, 0) is 14.3 Å². The third-order valence-electron chi connectivity index (χ3n) is 3.67. The lowest BCUT2D eigenvalue weighted by Gasteiger charge is -2.29. The highest BCUT2D eigenvalue weighted by atomic mass is 16.6. The van der Waals surface area contributed by atoms with Crippen molar-refractivity contribution in [2.45, 2.75) is 18.4 Å². The molecule has 0 radical (unpaired) electrons. The summed E-state index contributed by atoms with van der Waals surface area (Å²) in [6.07, 6.45) is 0.631. The monoisotopic (exact) mass is 295 g/mol. The van der Waals surface area contributed by atoms with Crippen LogP contribution in [-0.4, -0.2) is 13.1 Å². The van der Waals surface area contributed by atoms with Gasteiger partial charge >= 0.3 is 5.97 Å². The van der Waals surface area contributed by atoms with Crippen molar-refractivity contribution in [1.82, 2.24) is 0 Å². The molecular formula is C19H18O3. The van der Waals surface area contributed by atoms with Gasteiger partial charge in [-0.25, -0.2) is 4.79 Å². The molecule has 0 saturated heterocycles. The number of carbonyl (C=O) groups excluding carboxylic acids is 1. The largest absolute Gasteiger partial charge is 0.479 e. The van der Waals surface area contributed by atoms with Crippen molar-refractivity contribution in [3.8, 4) is 0 Å². The van der Waals surface area contributed by atoms with Gasteiger partial charge in [0.25, 0.3) is 0 Å². The Morgan fingerprint density at radius 1 is 1.09 bits per heavy atom. The Morgan fingerprint density at radius 2 is 1.68 bits per heavy atom. The van der Waals surface area contributed by atoms with E-state index in [-0.39, 0.29) is 11.7 Å². The quantitative estimate of drug-likeness (QED) is 0.803. The number of carbonyl (C=O) groups is 1. The van der Waals surface area contributed by atoms with Gasteiger partial charge in [0.1, 0.15) is 6.10 Å². The molecule has 0 fully saturated rings. The molecule has 0 N–H and O–H groups in total. The van der Waals surface area contributed by atoms with Crippen molar-refractivity contribution in [2.75, 3.05) is 7.11 Å². The second-order valence-corrected chi connectivity index (χ2v) is 5.10. The van der Waals surface area contributed by atoms with Crippen LogP contribution in [0.4, 0.5) is 0 Å². The summed E-state index contributed by atoms with van der Waals surface area (Å²) in [5.74, 6) is -0.582. The summed E-state index contributed by atoms with van der Waals surface area (Å²) >= 11 is 0. The average molecular weight is 295 g/mol. The predicted molar refractivity (Wildman–Crippen MR) is 84.2 cm³/mol. The number of benzene rings is 2. The first-order valence-corrected chi connectivity index (χ1v) is 7.19. The minimum Gasteiger partial charge on any atom is -0.479 e. The van der Waals surface area contributed by atoms with Crippen molar-refractivity contribution < 1.29 is 15.6 Å². The van der Waals surface area contributed by atoms with Gasteiger partial charge in [0.15, 0.2) is 0 Å². The van der Waals surface area contributed by atoms with Gasteiger partial charge in [-0.05, 0) is 23.6 Å².